The average molecular weight is 389 g/mol. The zero-order valence-corrected chi connectivity index (χ0v) is 14.9. The van der Waals surface area contributed by atoms with E-state index in [0.29, 0.717) is 36.6 Å². The van der Waals surface area contributed by atoms with Crippen LogP contribution in [0.2, 0.25) is 5.02 Å². The molecule has 4 rings (SSSR count). The van der Waals surface area contributed by atoms with E-state index in [2.05, 4.69) is 15.0 Å². The first kappa shape index (κ1) is 17.8. The Morgan fingerprint density at radius 1 is 1.15 bits per heavy atom. The lowest BCUT2D eigenvalue weighted by Gasteiger charge is -2.28. The smallest absolute Gasteiger partial charge is 0.255 e. The summed E-state index contributed by atoms with van der Waals surface area (Å²) in [6.45, 7) is 0.972. The second-order valence-electron chi connectivity index (χ2n) is 6.36. The van der Waals surface area contributed by atoms with Gasteiger partial charge in [0.2, 0.25) is 0 Å². The molecule has 3 aromatic rings. The van der Waals surface area contributed by atoms with E-state index in [0.717, 1.165) is 17.7 Å². The molecule has 0 bridgehead atoms. The molecule has 0 saturated heterocycles. The second-order valence-corrected chi connectivity index (χ2v) is 6.74. The van der Waals surface area contributed by atoms with Crippen LogP contribution in [-0.4, -0.2) is 26.4 Å². The number of aromatic nitrogens is 3. The van der Waals surface area contributed by atoms with Crippen LogP contribution in [0.15, 0.2) is 41.5 Å². The Balaban J connectivity index is 1.61. The third-order valence-electron chi connectivity index (χ3n) is 4.62. The minimum absolute atomic E-state index is 0.0953. The van der Waals surface area contributed by atoms with E-state index in [1.807, 2.05) is 4.90 Å². The molecule has 0 radical (unpaired) electrons. The highest BCUT2D eigenvalue weighted by molar-refractivity contribution is 6.31. The Kier molecular flexibility index (Phi) is 4.72. The highest BCUT2D eigenvalue weighted by Crippen LogP contribution is 2.26. The number of pyridine rings is 1. The number of hydrogen-bond acceptors (Lipinski definition) is 4. The van der Waals surface area contributed by atoms with Crippen LogP contribution in [-0.2, 0) is 19.5 Å². The molecule has 3 heterocycles. The van der Waals surface area contributed by atoms with Crippen LogP contribution < -0.4 is 5.56 Å². The van der Waals surface area contributed by atoms with Crippen molar-refractivity contribution in [2.24, 2.45) is 0 Å². The topological polar surface area (TPSA) is 61.9 Å². The van der Waals surface area contributed by atoms with Gasteiger partial charge in [-0.05, 0) is 24.3 Å². The van der Waals surface area contributed by atoms with Gasteiger partial charge in [-0.25, -0.2) is 13.8 Å². The van der Waals surface area contributed by atoms with Crippen LogP contribution in [0.1, 0.15) is 16.8 Å². The molecule has 0 saturated carbocycles. The Bertz CT molecular complexity index is 1060. The van der Waals surface area contributed by atoms with Gasteiger partial charge in [0.25, 0.3) is 5.56 Å². The highest BCUT2D eigenvalue weighted by Gasteiger charge is 2.23. The molecule has 0 unspecified atom stereocenters. The molecular formula is C19H15ClF2N4O. The number of halogens is 3. The zero-order chi connectivity index (χ0) is 19.0. The van der Waals surface area contributed by atoms with E-state index in [-0.39, 0.29) is 22.7 Å². The van der Waals surface area contributed by atoms with Gasteiger partial charge >= 0.3 is 0 Å². The van der Waals surface area contributed by atoms with E-state index < -0.39 is 11.6 Å². The zero-order valence-electron chi connectivity index (χ0n) is 14.2. The largest absolute Gasteiger partial charge is 0.306 e. The Hall–Kier alpha value is -2.64. The standard InChI is InChI=1S/C19H15ClF2N4O/c20-17-12(14(21)1-2-15(17)22)9-26-8-5-16-13(10-26)19(27)25-18(24-16)11-3-6-23-7-4-11/h1-4,6-7H,5,8-10H2,(H,24,25,27). The van der Waals surface area contributed by atoms with Crippen LogP contribution in [0, 0.1) is 11.6 Å². The first-order chi connectivity index (χ1) is 13.0. The average Bonchev–Trinajstić information content (AvgIpc) is 2.69. The molecule has 5 nitrogen and oxygen atoms in total. The molecule has 0 aliphatic carbocycles. The van der Waals surface area contributed by atoms with Gasteiger partial charge in [0.15, 0.2) is 0 Å². The lowest BCUT2D eigenvalue weighted by molar-refractivity contribution is 0.238. The van der Waals surface area contributed by atoms with E-state index in [9.17, 15) is 13.6 Å². The molecule has 0 fully saturated rings. The van der Waals surface area contributed by atoms with Crippen molar-refractivity contribution >= 4 is 11.6 Å². The summed E-state index contributed by atoms with van der Waals surface area (Å²) in [4.78, 5) is 25.7. The number of aromatic amines is 1. The maximum Gasteiger partial charge on any atom is 0.255 e. The number of nitrogens with one attached hydrogen (secondary N) is 1. The van der Waals surface area contributed by atoms with Crippen molar-refractivity contribution in [3.63, 3.8) is 0 Å². The summed E-state index contributed by atoms with van der Waals surface area (Å²) < 4.78 is 27.7. The number of hydrogen-bond donors (Lipinski definition) is 1. The SMILES string of the molecule is O=c1[nH]c(-c2ccncc2)nc2c1CN(Cc1c(F)ccc(F)c1Cl)CC2. The fraction of sp³-hybridized carbons (Fsp3) is 0.211. The predicted octanol–water partition coefficient (Wildman–Crippen LogP) is 3.32. The number of benzene rings is 1. The summed E-state index contributed by atoms with van der Waals surface area (Å²) in [5.74, 6) is -0.729. The summed E-state index contributed by atoms with van der Waals surface area (Å²) >= 11 is 5.91. The van der Waals surface area contributed by atoms with Gasteiger partial charge in [0, 0.05) is 49.6 Å². The Morgan fingerprint density at radius 2 is 1.89 bits per heavy atom. The molecule has 1 aliphatic rings. The molecular weight excluding hydrogens is 374 g/mol. The van der Waals surface area contributed by atoms with Gasteiger partial charge in [0.1, 0.15) is 17.5 Å². The van der Waals surface area contributed by atoms with Crippen molar-refractivity contribution in [3.8, 4) is 11.4 Å². The molecule has 2 aromatic heterocycles. The quantitative estimate of drug-likeness (QED) is 0.699. The van der Waals surface area contributed by atoms with Crippen molar-refractivity contribution in [1.82, 2.24) is 19.9 Å². The van der Waals surface area contributed by atoms with E-state index in [1.54, 1.807) is 24.5 Å². The fourth-order valence-electron chi connectivity index (χ4n) is 3.20. The van der Waals surface area contributed by atoms with Crippen molar-refractivity contribution in [1.29, 1.82) is 0 Å². The van der Waals surface area contributed by atoms with Crippen LogP contribution in [0.3, 0.4) is 0 Å². The van der Waals surface area contributed by atoms with Crippen LogP contribution in [0.4, 0.5) is 8.78 Å². The minimum Gasteiger partial charge on any atom is -0.306 e. The van der Waals surface area contributed by atoms with Crippen molar-refractivity contribution < 1.29 is 8.78 Å². The van der Waals surface area contributed by atoms with Gasteiger partial charge in [-0.1, -0.05) is 11.6 Å². The summed E-state index contributed by atoms with van der Waals surface area (Å²) in [6, 6.07) is 5.61. The number of rotatable bonds is 3. The summed E-state index contributed by atoms with van der Waals surface area (Å²) in [5.41, 5.74) is 1.89. The molecule has 0 amide bonds. The first-order valence-electron chi connectivity index (χ1n) is 8.40. The van der Waals surface area contributed by atoms with Gasteiger partial charge in [-0.3, -0.25) is 14.7 Å². The van der Waals surface area contributed by atoms with Crippen molar-refractivity contribution in [3.05, 3.63) is 80.5 Å². The van der Waals surface area contributed by atoms with Crippen LogP contribution >= 0.6 is 11.6 Å². The van der Waals surface area contributed by atoms with Crippen LogP contribution in [0.5, 0.6) is 0 Å². The number of nitrogens with zero attached hydrogens (tertiary/aromatic N) is 3. The summed E-state index contributed by atoms with van der Waals surface area (Å²) in [6.07, 6.45) is 3.80. The maximum absolute atomic E-state index is 14.0. The summed E-state index contributed by atoms with van der Waals surface area (Å²) in [7, 11) is 0. The molecule has 1 N–H and O–H groups in total. The lowest BCUT2D eigenvalue weighted by atomic mass is 10.1. The van der Waals surface area contributed by atoms with Crippen molar-refractivity contribution in [2.45, 2.75) is 19.5 Å². The summed E-state index contributed by atoms with van der Waals surface area (Å²) in [5, 5.41) is -0.221. The number of fused-ring (bicyclic) bond motifs is 1. The maximum atomic E-state index is 14.0. The van der Waals surface area contributed by atoms with Crippen LogP contribution in [0.25, 0.3) is 11.4 Å². The van der Waals surface area contributed by atoms with E-state index in [1.165, 1.54) is 0 Å². The predicted molar refractivity (Wildman–Crippen MR) is 97.3 cm³/mol. The van der Waals surface area contributed by atoms with Gasteiger partial charge < -0.3 is 4.98 Å². The molecule has 27 heavy (non-hydrogen) atoms. The monoisotopic (exact) mass is 388 g/mol. The Morgan fingerprint density at radius 3 is 2.67 bits per heavy atom. The minimum atomic E-state index is -0.660. The third-order valence-corrected chi connectivity index (χ3v) is 5.03. The first-order valence-corrected chi connectivity index (χ1v) is 8.78. The molecule has 138 valence electrons. The van der Waals surface area contributed by atoms with Gasteiger partial charge in [0.05, 0.1) is 16.3 Å². The second kappa shape index (κ2) is 7.17. The molecule has 8 heteroatoms. The van der Waals surface area contributed by atoms with Gasteiger partial charge in [-0.15, -0.1) is 0 Å². The number of H-pyrrole nitrogens is 1. The van der Waals surface area contributed by atoms with Crippen molar-refractivity contribution in [2.75, 3.05) is 6.54 Å². The fourth-order valence-corrected chi connectivity index (χ4v) is 3.41. The van der Waals surface area contributed by atoms with E-state index >= 15 is 0 Å². The van der Waals surface area contributed by atoms with Gasteiger partial charge in [-0.2, -0.15) is 0 Å². The Labute approximate surface area is 158 Å². The molecule has 0 atom stereocenters. The highest BCUT2D eigenvalue weighted by atomic mass is 35.5. The molecule has 0 spiro atoms. The molecule has 1 aliphatic heterocycles. The lowest BCUT2D eigenvalue weighted by Crippen LogP contribution is -2.35. The third kappa shape index (κ3) is 3.48. The molecule has 1 aromatic carbocycles. The normalized spacial score (nSPS) is 14.2. The van der Waals surface area contributed by atoms with E-state index in [4.69, 9.17) is 11.6 Å².